The van der Waals surface area contributed by atoms with Crippen LogP contribution in [0.25, 0.3) is 61.3 Å². The molecule has 0 aliphatic carbocycles. The molecule has 5 nitrogen and oxygen atoms in total. The van der Waals surface area contributed by atoms with E-state index in [4.69, 9.17) is 14.4 Å². The first kappa shape index (κ1) is 30.1. The van der Waals surface area contributed by atoms with E-state index in [9.17, 15) is 4.39 Å². The predicted octanol–water partition coefficient (Wildman–Crippen LogP) is 9.40. The molecule has 45 heavy (non-hydrogen) atoms. The Morgan fingerprint density at radius 2 is 1.53 bits per heavy atom. The second-order valence-corrected chi connectivity index (χ2v) is 10.5. The number of imidazole rings is 1. The number of pyridine rings is 2. The maximum atomic E-state index is 14.9. The van der Waals surface area contributed by atoms with E-state index in [1.807, 2.05) is 118 Å². The maximum Gasteiger partial charge on any atom is 0.121 e. The summed E-state index contributed by atoms with van der Waals surface area (Å²) in [6.45, 7) is 6.01. The van der Waals surface area contributed by atoms with Gasteiger partial charge in [0.15, 0.2) is 0 Å². The molecule has 8 aromatic rings. The van der Waals surface area contributed by atoms with Gasteiger partial charge in [0, 0.05) is 48.9 Å². The van der Waals surface area contributed by atoms with Crippen molar-refractivity contribution in [3.63, 3.8) is 0 Å². The van der Waals surface area contributed by atoms with Crippen LogP contribution in [0.4, 0.5) is 4.39 Å². The van der Waals surface area contributed by atoms with Crippen LogP contribution in [-0.2, 0) is 20.1 Å². The van der Waals surface area contributed by atoms with Gasteiger partial charge in [-0.1, -0.05) is 54.1 Å². The van der Waals surface area contributed by atoms with E-state index in [-0.39, 0.29) is 25.9 Å². The van der Waals surface area contributed by atoms with Crippen LogP contribution in [0.15, 0.2) is 114 Å². The van der Waals surface area contributed by atoms with E-state index in [0.29, 0.717) is 27.9 Å². The Balaban J connectivity index is 0.000000231. The first-order chi connectivity index (χ1) is 21.5. The molecular weight excluding hydrogens is 740 g/mol. The fraction of sp³-hybridized carbons (Fsp3) is 0.0789. The van der Waals surface area contributed by atoms with Crippen molar-refractivity contribution in [3.8, 4) is 28.3 Å². The Morgan fingerprint density at radius 1 is 0.778 bits per heavy atom. The number of benzene rings is 4. The number of aromatic nitrogens is 4. The van der Waals surface area contributed by atoms with Gasteiger partial charge in [0.05, 0.1) is 28.1 Å². The SMILES string of the molecule is Cc1nc(C)c2c(nc(-c3[c-]cc(F)c4c3oc3ccccc34)n2-c2ccccc2)c1C.[Ir].[c-]1ccccc1-c1ccccn1. The molecule has 0 saturated carbocycles. The van der Waals surface area contributed by atoms with Crippen molar-refractivity contribution in [2.45, 2.75) is 20.8 Å². The summed E-state index contributed by atoms with van der Waals surface area (Å²) in [5.74, 6) is 0.287. The summed E-state index contributed by atoms with van der Waals surface area (Å²) < 4.78 is 23.1. The van der Waals surface area contributed by atoms with E-state index in [1.54, 1.807) is 6.20 Å². The van der Waals surface area contributed by atoms with Crippen LogP contribution in [0.3, 0.4) is 0 Å². The van der Waals surface area contributed by atoms with Crippen LogP contribution in [0.5, 0.6) is 0 Å². The predicted molar refractivity (Wildman–Crippen MR) is 173 cm³/mol. The van der Waals surface area contributed by atoms with Crippen molar-refractivity contribution in [2.24, 2.45) is 0 Å². The number of hydrogen-bond acceptors (Lipinski definition) is 4. The van der Waals surface area contributed by atoms with Crippen LogP contribution < -0.4 is 0 Å². The van der Waals surface area contributed by atoms with Gasteiger partial charge >= 0.3 is 0 Å². The molecule has 0 bridgehead atoms. The summed E-state index contributed by atoms with van der Waals surface area (Å²) in [5.41, 5.74) is 9.29. The molecule has 0 unspecified atom stereocenters. The third kappa shape index (κ3) is 5.46. The first-order valence-corrected chi connectivity index (χ1v) is 14.3. The zero-order chi connectivity index (χ0) is 30.2. The molecule has 0 aliphatic heterocycles. The fourth-order valence-electron chi connectivity index (χ4n) is 5.54. The Hall–Kier alpha value is -4.97. The molecule has 0 N–H and O–H groups in total. The summed E-state index contributed by atoms with van der Waals surface area (Å²) in [7, 11) is 0. The van der Waals surface area contributed by atoms with Crippen molar-refractivity contribution in [2.75, 3.05) is 0 Å². The maximum absolute atomic E-state index is 14.9. The van der Waals surface area contributed by atoms with E-state index >= 15 is 0 Å². The van der Waals surface area contributed by atoms with Crippen LogP contribution in [-0.4, -0.2) is 19.5 Å². The Morgan fingerprint density at radius 3 is 2.29 bits per heavy atom. The van der Waals surface area contributed by atoms with Crippen molar-refractivity contribution in [1.82, 2.24) is 19.5 Å². The first-order valence-electron chi connectivity index (χ1n) is 14.3. The van der Waals surface area contributed by atoms with Gasteiger partial charge in [-0.25, -0.2) is 0 Å². The minimum absolute atomic E-state index is 0. The van der Waals surface area contributed by atoms with E-state index < -0.39 is 0 Å². The second kappa shape index (κ2) is 12.6. The number of hydrogen-bond donors (Lipinski definition) is 0. The topological polar surface area (TPSA) is 56.7 Å². The number of halogens is 1. The smallest absolute Gasteiger partial charge is 0.121 e. The molecule has 4 heterocycles. The van der Waals surface area contributed by atoms with Crippen molar-refractivity contribution in [3.05, 3.63) is 144 Å². The van der Waals surface area contributed by atoms with Gasteiger partial charge in [-0.2, -0.15) is 0 Å². The molecule has 8 rings (SSSR count). The van der Waals surface area contributed by atoms with Crippen molar-refractivity contribution in [1.29, 1.82) is 0 Å². The van der Waals surface area contributed by atoms with Gasteiger partial charge in [-0.3, -0.25) is 14.4 Å². The Kier molecular flexibility index (Phi) is 8.40. The average Bonchev–Trinajstić information content (AvgIpc) is 3.66. The van der Waals surface area contributed by atoms with E-state index in [0.717, 1.165) is 50.3 Å². The number of aryl methyl sites for hydroxylation is 3. The molecule has 0 saturated heterocycles. The molecular formula is C38H27FIrN4O-2. The molecule has 0 atom stereocenters. The number of furan rings is 1. The molecule has 0 spiro atoms. The fourth-order valence-corrected chi connectivity index (χ4v) is 5.54. The number of para-hydroxylation sites is 2. The summed E-state index contributed by atoms with van der Waals surface area (Å²) in [4.78, 5) is 14.0. The standard InChI is InChI=1S/C27H19FN3O.C11H8N.Ir/c1-15-16(2)29-17(3)25-24(15)30-27(31(25)18-9-5-4-6-10-18)20-13-14-21(28)23-19-11-7-8-12-22(19)32-26(20)23;1-2-6-10(7-3-1)11-8-4-5-9-12-11;/h4-12,14H,1-3H3;1-6,8-9H;/q2*-1;. The number of rotatable bonds is 3. The summed E-state index contributed by atoms with van der Waals surface area (Å²) in [5, 5.41) is 1.19. The third-order valence-electron chi connectivity index (χ3n) is 7.75. The van der Waals surface area contributed by atoms with Crippen molar-refractivity contribution < 1.29 is 28.9 Å². The van der Waals surface area contributed by atoms with Gasteiger partial charge in [-0.15, -0.1) is 48.0 Å². The summed E-state index contributed by atoms with van der Waals surface area (Å²) >= 11 is 0. The molecule has 223 valence electrons. The van der Waals surface area contributed by atoms with Crippen molar-refractivity contribution >= 4 is 33.0 Å². The molecule has 0 fully saturated rings. The van der Waals surface area contributed by atoms with Gasteiger partial charge in [0.25, 0.3) is 0 Å². The van der Waals surface area contributed by atoms with Gasteiger partial charge < -0.3 is 14.0 Å². The molecule has 0 aliphatic rings. The van der Waals surface area contributed by atoms with Crippen LogP contribution >= 0.6 is 0 Å². The zero-order valence-electron chi connectivity index (χ0n) is 24.8. The molecule has 7 heteroatoms. The second-order valence-electron chi connectivity index (χ2n) is 10.5. The molecule has 4 aromatic heterocycles. The summed E-state index contributed by atoms with van der Waals surface area (Å²) in [6.07, 6.45) is 1.79. The number of fused-ring (bicyclic) bond motifs is 4. The Labute approximate surface area is 273 Å². The van der Waals surface area contributed by atoms with E-state index in [2.05, 4.69) is 21.7 Å². The normalized spacial score (nSPS) is 10.9. The third-order valence-corrected chi connectivity index (χ3v) is 7.75. The van der Waals surface area contributed by atoms with Crippen LogP contribution in [0.1, 0.15) is 17.0 Å². The molecule has 4 aromatic carbocycles. The molecule has 0 amide bonds. The Bertz CT molecular complexity index is 2230. The van der Waals surface area contributed by atoms with E-state index in [1.165, 1.54) is 6.07 Å². The van der Waals surface area contributed by atoms with Gasteiger partial charge in [0.2, 0.25) is 0 Å². The zero-order valence-corrected chi connectivity index (χ0v) is 27.2. The quantitative estimate of drug-likeness (QED) is 0.168. The largest absolute Gasteiger partial charge is 0.500 e. The van der Waals surface area contributed by atoms with Gasteiger partial charge in [-0.05, 0) is 61.7 Å². The molecule has 1 radical (unpaired) electrons. The van der Waals surface area contributed by atoms with Crippen LogP contribution in [0, 0.1) is 38.7 Å². The van der Waals surface area contributed by atoms with Crippen LogP contribution in [0.2, 0.25) is 0 Å². The summed E-state index contributed by atoms with van der Waals surface area (Å²) in [6, 6.07) is 38.8. The minimum Gasteiger partial charge on any atom is -0.500 e. The van der Waals surface area contributed by atoms with Gasteiger partial charge in [0.1, 0.15) is 5.58 Å². The monoisotopic (exact) mass is 767 g/mol. The average molecular weight is 767 g/mol. The number of nitrogens with zero attached hydrogens (tertiary/aromatic N) is 4. The minimum atomic E-state index is -0.360.